The first-order chi connectivity index (χ1) is 20.3. The molecule has 1 aliphatic rings. The summed E-state index contributed by atoms with van der Waals surface area (Å²) in [5.41, 5.74) is 0.385. The van der Waals surface area contributed by atoms with Crippen LogP contribution in [0.25, 0.3) is 0 Å². The third-order valence-electron chi connectivity index (χ3n) is 6.98. The molecule has 2 N–H and O–H groups in total. The van der Waals surface area contributed by atoms with Gasteiger partial charge in [-0.15, -0.1) is 0 Å². The van der Waals surface area contributed by atoms with E-state index < -0.39 is 41.6 Å². The van der Waals surface area contributed by atoms with E-state index in [1.807, 2.05) is 6.92 Å². The van der Waals surface area contributed by atoms with Crippen molar-refractivity contribution in [2.45, 2.75) is 32.2 Å². The Morgan fingerprint density at radius 2 is 1.84 bits per heavy atom. The second kappa shape index (κ2) is 13.1. The Bertz CT molecular complexity index is 1530. The van der Waals surface area contributed by atoms with Crippen molar-refractivity contribution < 1.29 is 39.8 Å². The van der Waals surface area contributed by atoms with Crippen molar-refractivity contribution in [1.29, 1.82) is 0 Å². The van der Waals surface area contributed by atoms with E-state index in [0.717, 1.165) is 12.1 Å². The van der Waals surface area contributed by atoms with E-state index in [-0.39, 0.29) is 39.9 Å². The number of urea groups is 1. The van der Waals surface area contributed by atoms with Gasteiger partial charge in [-0.25, -0.2) is 14.2 Å². The molecule has 0 bridgehead atoms. The lowest BCUT2D eigenvalue weighted by Gasteiger charge is -2.37. The van der Waals surface area contributed by atoms with E-state index in [2.05, 4.69) is 22.1 Å². The first-order valence-electron chi connectivity index (χ1n) is 13.4. The van der Waals surface area contributed by atoms with Crippen molar-refractivity contribution in [2.75, 3.05) is 32.1 Å². The van der Waals surface area contributed by atoms with Gasteiger partial charge in [-0.3, -0.25) is 4.79 Å². The second-order valence-corrected chi connectivity index (χ2v) is 10.3. The Balaban J connectivity index is 0.00000353. The molecule has 1 aromatic heterocycles. The summed E-state index contributed by atoms with van der Waals surface area (Å²) in [6, 6.07) is 10.2. The summed E-state index contributed by atoms with van der Waals surface area (Å²) in [5, 5.41) is 12.5. The van der Waals surface area contributed by atoms with E-state index >= 15 is 0 Å². The molecule has 230 valence electrons. The molecule has 8 nitrogen and oxygen atoms in total. The minimum atomic E-state index is -4.46. The second-order valence-electron chi connectivity index (χ2n) is 10.3. The van der Waals surface area contributed by atoms with Crippen LogP contribution in [0.4, 0.5) is 28.0 Å². The average Bonchev–Trinajstić information content (AvgIpc) is 2.98. The highest BCUT2D eigenvalue weighted by Gasteiger charge is 2.35. The van der Waals surface area contributed by atoms with E-state index in [1.165, 1.54) is 58.5 Å². The molecule has 0 radical (unpaired) electrons. The number of anilines is 1. The first kappa shape index (κ1) is 31.3. The topological polar surface area (TPSA) is 95.0 Å². The Kier molecular flexibility index (Phi) is 9.56. The molecule has 0 fully saturated rings. The van der Waals surface area contributed by atoms with Gasteiger partial charge in [0, 0.05) is 45.4 Å². The summed E-state index contributed by atoms with van der Waals surface area (Å²) >= 11 is 0. The van der Waals surface area contributed by atoms with Crippen LogP contribution in [0.2, 0.25) is 0 Å². The van der Waals surface area contributed by atoms with Crippen molar-refractivity contribution in [3.63, 3.8) is 0 Å². The molecule has 0 saturated carbocycles. The molecular formula is C31H34F4N4O4. The van der Waals surface area contributed by atoms with Crippen molar-refractivity contribution >= 4 is 17.6 Å². The molecule has 2 aromatic carbocycles. The number of nitrogens with zero attached hydrogens (tertiary/aromatic N) is 3. The van der Waals surface area contributed by atoms with E-state index in [1.54, 1.807) is 14.0 Å². The monoisotopic (exact) mass is 602 g/mol. The number of alkyl halides is 3. The highest BCUT2D eigenvalue weighted by atomic mass is 19.4. The highest BCUT2D eigenvalue weighted by Crippen LogP contribution is 2.29. The average molecular weight is 603 g/mol. The molecule has 0 spiro atoms. The maximum absolute atomic E-state index is 13.6. The van der Waals surface area contributed by atoms with Gasteiger partial charge in [0.25, 0.3) is 5.91 Å². The molecule has 43 heavy (non-hydrogen) atoms. The third-order valence-corrected chi connectivity index (χ3v) is 6.98. The van der Waals surface area contributed by atoms with Crippen LogP contribution in [0.5, 0.6) is 5.88 Å². The van der Waals surface area contributed by atoms with Gasteiger partial charge in [-0.1, -0.05) is 18.8 Å². The van der Waals surface area contributed by atoms with Crippen molar-refractivity contribution in [2.24, 2.45) is 5.92 Å². The molecule has 0 unspecified atom stereocenters. The Morgan fingerprint density at radius 1 is 1.19 bits per heavy atom. The molecule has 2 heterocycles. The van der Waals surface area contributed by atoms with Crippen LogP contribution >= 0.6 is 0 Å². The van der Waals surface area contributed by atoms with Gasteiger partial charge in [-0.2, -0.15) is 13.2 Å². The van der Waals surface area contributed by atoms with E-state index in [4.69, 9.17) is 4.74 Å². The Hall–Kier alpha value is -4.63. The number of aliphatic hydroxyl groups is 1. The fourth-order valence-electron chi connectivity index (χ4n) is 4.38. The van der Waals surface area contributed by atoms with Crippen LogP contribution in [0.1, 0.15) is 43.7 Å². The highest BCUT2D eigenvalue weighted by molar-refractivity contribution is 5.97. The van der Waals surface area contributed by atoms with Crippen LogP contribution in [-0.4, -0.2) is 70.7 Å². The molecule has 0 saturated heterocycles. The van der Waals surface area contributed by atoms with Gasteiger partial charge in [0.15, 0.2) is 0 Å². The number of carbonyl (C=O) groups is 2. The number of halogens is 4. The zero-order valence-corrected chi connectivity index (χ0v) is 23.7. The number of ether oxygens (including phenoxy) is 1. The SMILES string of the molecule is C[C@H](CO)N1C[C@H](C)[C@H](CN(C)C(=O)Nc2ccc(F)cc2)Oc2ncc(C#Cc3ccc(C(F)(F)F)cc3)cc2C1=O.[HH].[HH]. The number of aromatic nitrogens is 1. The summed E-state index contributed by atoms with van der Waals surface area (Å²) in [5.74, 6) is 4.47. The lowest BCUT2D eigenvalue weighted by molar-refractivity contribution is -0.137. The van der Waals surface area contributed by atoms with Gasteiger partial charge in [-0.05, 0) is 61.5 Å². The number of likely N-dealkylation sites (N-methyl/N-ethyl adjacent to an activating group) is 1. The van der Waals surface area contributed by atoms with Crippen molar-refractivity contribution in [1.82, 2.24) is 14.8 Å². The van der Waals surface area contributed by atoms with Crippen LogP contribution in [0.3, 0.4) is 0 Å². The van der Waals surface area contributed by atoms with Crippen LogP contribution in [0.15, 0.2) is 60.8 Å². The summed E-state index contributed by atoms with van der Waals surface area (Å²) in [6.45, 7) is 3.58. The molecular weight excluding hydrogens is 568 g/mol. The predicted octanol–water partition coefficient (Wildman–Crippen LogP) is 5.52. The molecule has 0 aliphatic carbocycles. The number of aliphatic hydroxyl groups excluding tert-OH is 1. The zero-order chi connectivity index (χ0) is 31.3. The third kappa shape index (κ3) is 7.81. The molecule has 3 atom stereocenters. The van der Waals surface area contributed by atoms with Gasteiger partial charge >= 0.3 is 12.2 Å². The largest absolute Gasteiger partial charge is 0.472 e. The fourth-order valence-corrected chi connectivity index (χ4v) is 4.38. The summed E-state index contributed by atoms with van der Waals surface area (Å²) in [6.07, 6.45) is -3.68. The minimum Gasteiger partial charge on any atom is -0.472 e. The number of pyridine rings is 1. The summed E-state index contributed by atoms with van der Waals surface area (Å²) in [4.78, 5) is 33.7. The number of rotatable bonds is 5. The maximum Gasteiger partial charge on any atom is 0.416 e. The summed E-state index contributed by atoms with van der Waals surface area (Å²) < 4.78 is 58.0. The van der Waals surface area contributed by atoms with Gasteiger partial charge in [0.1, 0.15) is 17.5 Å². The number of hydrogen-bond donors (Lipinski definition) is 2. The van der Waals surface area contributed by atoms with E-state index in [0.29, 0.717) is 16.8 Å². The number of hydrogen-bond acceptors (Lipinski definition) is 5. The van der Waals surface area contributed by atoms with Gasteiger partial charge in [0.05, 0.1) is 24.8 Å². The first-order valence-corrected chi connectivity index (χ1v) is 13.4. The number of carbonyl (C=O) groups excluding carboxylic acids is 2. The number of amides is 3. The van der Waals surface area contributed by atoms with Crippen molar-refractivity contribution in [3.8, 4) is 17.7 Å². The standard InChI is InChI=1S/C31H30F4N4O4.2H2/c1-19-16-39(20(2)18-40)29(41)26-14-22(5-4-21-6-8-23(9-7-21)31(33,34)35)15-36-28(26)43-27(19)17-38(3)30(42)37-25-12-10-24(32)11-13-25;;/h6-15,19-20,27,40H,16-18H2,1-3H3,(H,37,42);2*1H/t19-,20+,27-;;/m0../s1. The summed E-state index contributed by atoms with van der Waals surface area (Å²) in [7, 11) is 1.57. The lowest BCUT2D eigenvalue weighted by Crippen LogP contribution is -2.50. The van der Waals surface area contributed by atoms with Gasteiger partial charge < -0.3 is 25.0 Å². The Labute approximate surface area is 249 Å². The van der Waals surface area contributed by atoms with Crippen molar-refractivity contribution in [3.05, 3.63) is 88.9 Å². The van der Waals surface area contributed by atoms with Crippen LogP contribution in [-0.2, 0) is 6.18 Å². The Morgan fingerprint density at radius 3 is 2.47 bits per heavy atom. The quantitative estimate of drug-likeness (QED) is 0.297. The number of fused-ring (bicyclic) bond motifs is 1. The number of nitrogens with one attached hydrogen (secondary N) is 1. The molecule has 1 aliphatic heterocycles. The van der Waals surface area contributed by atoms with Crippen LogP contribution < -0.4 is 10.1 Å². The smallest absolute Gasteiger partial charge is 0.416 e. The number of benzene rings is 2. The minimum absolute atomic E-state index is 0. The predicted molar refractivity (Wildman–Crippen MR) is 155 cm³/mol. The molecule has 12 heteroatoms. The fraction of sp³-hybridized carbons (Fsp3) is 0.323. The van der Waals surface area contributed by atoms with Gasteiger partial charge in [0.2, 0.25) is 5.88 Å². The molecule has 3 aromatic rings. The van der Waals surface area contributed by atoms with Crippen LogP contribution in [0, 0.1) is 23.6 Å². The molecule has 4 rings (SSSR count). The zero-order valence-electron chi connectivity index (χ0n) is 23.7. The lowest BCUT2D eigenvalue weighted by atomic mass is 10.00. The van der Waals surface area contributed by atoms with E-state index in [9.17, 15) is 32.3 Å². The normalized spacial score (nSPS) is 17.4. The molecule has 3 amide bonds. The maximum atomic E-state index is 13.6.